The Morgan fingerprint density at radius 3 is 2.84 bits per heavy atom. The Labute approximate surface area is 187 Å². The first-order chi connectivity index (χ1) is 15.5. The van der Waals surface area contributed by atoms with Gasteiger partial charge in [0.05, 0.1) is 31.4 Å². The van der Waals surface area contributed by atoms with Gasteiger partial charge in [-0.3, -0.25) is 4.79 Å². The third-order valence-electron chi connectivity index (χ3n) is 5.98. The maximum Gasteiger partial charge on any atom is 0.255 e. The average molecular weight is 437 g/mol. The number of amides is 1. The number of pyridine rings is 1. The molecule has 8 heteroatoms. The summed E-state index contributed by atoms with van der Waals surface area (Å²) in [4.78, 5) is 17.6. The van der Waals surface area contributed by atoms with Crippen LogP contribution in [0.25, 0.3) is 5.82 Å². The molecule has 32 heavy (non-hydrogen) atoms. The minimum absolute atomic E-state index is 0.284. The molecule has 2 aromatic heterocycles. The van der Waals surface area contributed by atoms with E-state index in [0.717, 1.165) is 28.1 Å². The van der Waals surface area contributed by atoms with Crippen LogP contribution in [0.15, 0.2) is 42.9 Å². The summed E-state index contributed by atoms with van der Waals surface area (Å²) in [6.45, 7) is 4.77. The molecule has 0 spiro atoms. The molecule has 0 saturated carbocycles. The molecule has 1 fully saturated rings. The third kappa shape index (κ3) is 4.51. The first-order valence-electron chi connectivity index (χ1n) is 10.7. The number of hydrogen-bond acceptors (Lipinski definition) is 6. The molecule has 3 heterocycles. The lowest BCUT2D eigenvalue weighted by molar-refractivity contribution is -0.0140. The topological polar surface area (TPSA) is 98.5 Å². The monoisotopic (exact) mass is 436 g/mol. The third-order valence-corrected chi connectivity index (χ3v) is 5.98. The van der Waals surface area contributed by atoms with Gasteiger partial charge in [0.25, 0.3) is 5.91 Å². The number of carbonyl (C=O) groups excluding carboxylic acids is 1. The number of hydrogen-bond donors (Lipinski definition) is 2. The summed E-state index contributed by atoms with van der Waals surface area (Å²) in [7, 11) is 1.56. The number of nitrogens with zero attached hydrogens (tertiary/aromatic N) is 3. The molecule has 4 rings (SSSR count). The average Bonchev–Trinajstić information content (AvgIpc) is 3.34. The Bertz CT molecular complexity index is 1080. The Hall–Kier alpha value is -3.23. The van der Waals surface area contributed by atoms with Gasteiger partial charge in [0.2, 0.25) is 0 Å². The second-order valence-corrected chi connectivity index (χ2v) is 8.03. The van der Waals surface area contributed by atoms with Crippen molar-refractivity contribution in [1.82, 2.24) is 20.1 Å². The van der Waals surface area contributed by atoms with E-state index in [9.17, 15) is 9.90 Å². The Morgan fingerprint density at radius 2 is 2.19 bits per heavy atom. The van der Waals surface area contributed by atoms with Crippen LogP contribution < -0.4 is 10.1 Å². The number of aliphatic hydroxyl groups excluding tert-OH is 1. The molecule has 2 N–H and O–H groups in total. The highest BCUT2D eigenvalue weighted by molar-refractivity contribution is 5.98. The summed E-state index contributed by atoms with van der Waals surface area (Å²) < 4.78 is 12.7. The molecular weight excluding hydrogens is 408 g/mol. The minimum atomic E-state index is -0.621. The molecule has 0 aliphatic carbocycles. The molecule has 2 atom stereocenters. The molecule has 0 bridgehead atoms. The van der Waals surface area contributed by atoms with Crippen LogP contribution in [0.2, 0.25) is 0 Å². The molecule has 0 radical (unpaired) electrons. The van der Waals surface area contributed by atoms with Gasteiger partial charge in [-0.25, -0.2) is 9.67 Å². The highest BCUT2D eigenvalue weighted by Crippen LogP contribution is 2.31. The van der Waals surface area contributed by atoms with Gasteiger partial charge in [0.15, 0.2) is 5.82 Å². The Balaban J connectivity index is 1.60. The van der Waals surface area contributed by atoms with Gasteiger partial charge in [0.1, 0.15) is 5.75 Å². The Morgan fingerprint density at radius 1 is 1.34 bits per heavy atom. The van der Waals surface area contributed by atoms with Crippen LogP contribution in [-0.2, 0) is 11.2 Å². The highest BCUT2D eigenvalue weighted by Gasteiger charge is 2.27. The molecule has 1 aliphatic rings. The summed E-state index contributed by atoms with van der Waals surface area (Å²) in [6.07, 6.45) is 5.89. The quantitative estimate of drug-likeness (QED) is 0.616. The zero-order valence-electron chi connectivity index (χ0n) is 18.5. The van der Waals surface area contributed by atoms with Crippen LogP contribution >= 0.6 is 0 Å². The molecular formula is C24H28N4O4. The van der Waals surface area contributed by atoms with E-state index < -0.39 is 12.1 Å². The van der Waals surface area contributed by atoms with Crippen LogP contribution in [0.4, 0.5) is 0 Å². The largest absolute Gasteiger partial charge is 0.496 e. The van der Waals surface area contributed by atoms with Gasteiger partial charge in [-0.1, -0.05) is 6.07 Å². The summed E-state index contributed by atoms with van der Waals surface area (Å²) in [5.41, 5.74) is 4.47. The number of ether oxygens (including phenoxy) is 2. The SMILES string of the molecule is COc1c(C(=O)N[C@H]2COCC[C@@H]2O)cc(Cc2ccc(-n3cccn3)nc2)c(C)c1C. The lowest BCUT2D eigenvalue weighted by Gasteiger charge is -2.29. The summed E-state index contributed by atoms with van der Waals surface area (Å²) in [5, 5.41) is 17.3. The maximum atomic E-state index is 13.1. The zero-order chi connectivity index (χ0) is 22.7. The van der Waals surface area contributed by atoms with E-state index in [0.29, 0.717) is 37.4 Å². The standard InChI is InChI=1S/C24H28N4O4/c1-15-16(2)23(31-3)19(24(30)27-20-14-32-10-7-21(20)29)12-18(15)11-17-5-6-22(25-13-17)28-9-4-8-26-28/h4-6,8-9,12-13,20-21,29H,7,10-11,14H2,1-3H3,(H,27,30)/t20-,21-/m0/s1. The summed E-state index contributed by atoms with van der Waals surface area (Å²) in [6, 6.07) is 7.22. The fourth-order valence-corrected chi connectivity index (χ4v) is 3.97. The summed E-state index contributed by atoms with van der Waals surface area (Å²) in [5.74, 6) is 1.00. The zero-order valence-corrected chi connectivity index (χ0v) is 18.5. The lowest BCUT2D eigenvalue weighted by Crippen LogP contribution is -2.49. The van der Waals surface area contributed by atoms with Crippen molar-refractivity contribution in [3.8, 4) is 11.6 Å². The van der Waals surface area contributed by atoms with Gasteiger partial charge < -0.3 is 19.9 Å². The van der Waals surface area contributed by atoms with E-state index in [-0.39, 0.29) is 5.91 Å². The van der Waals surface area contributed by atoms with E-state index in [1.54, 1.807) is 18.0 Å². The predicted octanol–water partition coefficient (Wildman–Crippen LogP) is 2.36. The number of methoxy groups -OCH3 is 1. The van der Waals surface area contributed by atoms with E-state index in [4.69, 9.17) is 9.47 Å². The molecule has 1 amide bonds. The minimum Gasteiger partial charge on any atom is -0.496 e. The molecule has 1 aliphatic heterocycles. The van der Waals surface area contributed by atoms with E-state index in [1.165, 1.54) is 0 Å². The van der Waals surface area contributed by atoms with Crippen molar-refractivity contribution in [2.24, 2.45) is 0 Å². The number of aromatic nitrogens is 3. The predicted molar refractivity (Wildman–Crippen MR) is 119 cm³/mol. The van der Waals surface area contributed by atoms with Crippen molar-refractivity contribution >= 4 is 5.91 Å². The molecule has 1 aromatic carbocycles. The smallest absolute Gasteiger partial charge is 0.255 e. The highest BCUT2D eigenvalue weighted by atomic mass is 16.5. The van der Waals surface area contributed by atoms with Crippen molar-refractivity contribution in [2.75, 3.05) is 20.3 Å². The van der Waals surface area contributed by atoms with E-state index in [2.05, 4.69) is 15.4 Å². The van der Waals surface area contributed by atoms with Gasteiger partial charge in [0, 0.05) is 25.2 Å². The number of rotatable bonds is 6. The van der Waals surface area contributed by atoms with Crippen LogP contribution in [0, 0.1) is 13.8 Å². The van der Waals surface area contributed by atoms with Crippen LogP contribution in [0.1, 0.15) is 39.0 Å². The van der Waals surface area contributed by atoms with E-state index in [1.807, 2.05) is 50.5 Å². The molecule has 8 nitrogen and oxygen atoms in total. The fraction of sp³-hybridized carbons (Fsp3) is 0.375. The number of nitrogens with one attached hydrogen (secondary N) is 1. The normalized spacial score (nSPS) is 18.4. The number of carbonyl (C=O) groups is 1. The first-order valence-corrected chi connectivity index (χ1v) is 10.7. The number of aliphatic hydroxyl groups is 1. The van der Waals surface area contributed by atoms with Crippen molar-refractivity contribution in [3.63, 3.8) is 0 Å². The molecule has 1 saturated heterocycles. The van der Waals surface area contributed by atoms with Crippen molar-refractivity contribution in [3.05, 3.63) is 70.7 Å². The molecule has 168 valence electrons. The fourth-order valence-electron chi connectivity index (χ4n) is 3.97. The summed E-state index contributed by atoms with van der Waals surface area (Å²) >= 11 is 0. The van der Waals surface area contributed by atoms with Gasteiger partial charge in [-0.05, 0) is 67.1 Å². The van der Waals surface area contributed by atoms with Gasteiger partial charge >= 0.3 is 0 Å². The van der Waals surface area contributed by atoms with Crippen molar-refractivity contribution in [1.29, 1.82) is 0 Å². The van der Waals surface area contributed by atoms with Crippen LogP contribution in [0.5, 0.6) is 5.75 Å². The van der Waals surface area contributed by atoms with Crippen molar-refractivity contribution in [2.45, 2.75) is 38.8 Å². The van der Waals surface area contributed by atoms with Gasteiger partial charge in [-0.15, -0.1) is 0 Å². The van der Waals surface area contributed by atoms with E-state index >= 15 is 0 Å². The van der Waals surface area contributed by atoms with Crippen LogP contribution in [0.3, 0.4) is 0 Å². The molecule has 0 unspecified atom stereocenters. The second-order valence-electron chi connectivity index (χ2n) is 8.03. The number of benzene rings is 1. The lowest BCUT2D eigenvalue weighted by atomic mass is 9.93. The van der Waals surface area contributed by atoms with Crippen molar-refractivity contribution < 1.29 is 19.4 Å². The second kappa shape index (κ2) is 9.50. The molecule has 3 aromatic rings. The van der Waals surface area contributed by atoms with Gasteiger partial charge in [-0.2, -0.15) is 5.10 Å². The Kier molecular flexibility index (Phi) is 6.53. The maximum absolute atomic E-state index is 13.1. The van der Waals surface area contributed by atoms with Crippen LogP contribution in [-0.4, -0.2) is 58.2 Å². The first kappa shape index (κ1) is 22.0.